The van der Waals surface area contributed by atoms with Crippen LogP contribution in [0.3, 0.4) is 0 Å². The van der Waals surface area contributed by atoms with Crippen LogP contribution < -0.4 is 4.74 Å². The molecule has 0 saturated carbocycles. The molecule has 1 atom stereocenters. The van der Waals surface area contributed by atoms with Gasteiger partial charge >= 0.3 is 0 Å². The highest BCUT2D eigenvalue weighted by atomic mass is 35.5. The fourth-order valence-electron chi connectivity index (χ4n) is 3.55. The molecule has 1 aliphatic heterocycles. The average Bonchev–Trinajstić information content (AvgIpc) is 2.42. The molecule has 0 radical (unpaired) electrons. The van der Waals surface area contributed by atoms with Crippen LogP contribution >= 0.6 is 11.6 Å². The topological polar surface area (TPSA) is 32.7 Å². The van der Waals surface area contributed by atoms with Gasteiger partial charge in [0.1, 0.15) is 18.5 Å². The summed E-state index contributed by atoms with van der Waals surface area (Å²) in [5, 5.41) is 11.0. The Kier molecular flexibility index (Phi) is 5.41. The summed E-state index contributed by atoms with van der Waals surface area (Å²) in [5.74, 6) is 0.625. The van der Waals surface area contributed by atoms with E-state index in [0.29, 0.717) is 17.3 Å². The molecule has 0 spiro atoms. The van der Waals surface area contributed by atoms with Gasteiger partial charge in [-0.3, -0.25) is 4.90 Å². The van der Waals surface area contributed by atoms with Crippen molar-refractivity contribution in [3.63, 3.8) is 0 Å². The van der Waals surface area contributed by atoms with Crippen molar-refractivity contribution in [2.75, 3.05) is 13.2 Å². The van der Waals surface area contributed by atoms with Crippen LogP contribution in [-0.4, -0.2) is 40.3 Å². The molecule has 0 aromatic heterocycles. The predicted octanol–water partition coefficient (Wildman–Crippen LogP) is 4.12. The van der Waals surface area contributed by atoms with Gasteiger partial charge in [0.25, 0.3) is 0 Å². The van der Waals surface area contributed by atoms with Crippen molar-refractivity contribution < 1.29 is 9.84 Å². The summed E-state index contributed by atoms with van der Waals surface area (Å²) in [7, 11) is 0. The number of aliphatic hydroxyl groups is 1. The van der Waals surface area contributed by atoms with Crippen LogP contribution in [0, 0.1) is 0 Å². The number of benzene rings is 1. The lowest BCUT2D eigenvalue weighted by atomic mass is 9.79. The quantitative estimate of drug-likeness (QED) is 0.883. The third-order valence-electron chi connectivity index (χ3n) is 4.70. The minimum Gasteiger partial charge on any atom is -0.489 e. The monoisotopic (exact) mass is 325 g/mol. The highest BCUT2D eigenvalue weighted by molar-refractivity contribution is 6.32. The number of ether oxygens (including phenoxy) is 1. The lowest BCUT2D eigenvalue weighted by molar-refractivity contribution is -0.0606. The first-order valence-electron chi connectivity index (χ1n) is 8.05. The van der Waals surface area contributed by atoms with Gasteiger partial charge in [-0.25, -0.2) is 0 Å². The highest BCUT2D eigenvalue weighted by Crippen LogP contribution is 2.38. The fraction of sp³-hybridized carbons (Fsp3) is 0.667. The zero-order chi connectivity index (χ0) is 16.4. The van der Waals surface area contributed by atoms with Gasteiger partial charge < -0.3 is 9.84 Å². The Bertz CT molecular complexity index is 486. The van der Waals surface area contributed by atoms with E-state index in [-0.39, 0.29) is 17.7 Å². The summed E-state index contributed by atoms with van der Waals surface area (Å²) in [6.07, 6.45) is 3.03. The lowest BCUT2D eigenvalue weighted by Crippen LogP contribution is -2.60. The number of halogens is 1. The van der Waals surface area contributed by atoms with Crippen molar-refractivity contribution >= 4 is 11.6 Å². The molecule has 1 saturated heterocycles. The SMILES string of the molecule is CC1(C)CCCC(C)(C)N1C[C@H](O)COc1ccccc1Cl. The van der Waals surface area contributed by atoms with Crippen LogP contribution in [0.1, 0.15) is 47.0 Å². The van der Waals surface area contributed by atoms with E-state index in [9.17, 15) is 5.11 Å². The van der Waals surface area contributed by atoms with Gasteiger partial charge in [0, 0.05) is 17.6 Å². The van der Waals surface area contributed by atoms with Crippen molar-refractivity contribution in [2.24, 2.45) is 0 Å². The summed E-state index contributed by atoms with van der Waals surface area (Å²) in [4.78, 5) is 2.42. The molecule has 1 aromatic carbocycles. The number of hydrogen-bond donors (Lipinski definition) is 1. The number of nitrogens with zero attached hydrogens (tertiary/aromatic N) is 1. The van der Waals surface area contributed by atoms with Crippen LogP contribution in [-0.2, 0) is 0 Å². The van der Waals surface area contributed by atoms with Crippen molar-refractivity contribution in [1.82, 2.24) is 4.90 Å². The van der Waals surface area contributed by atoms with Crippen LogP contribution in [0.2, 0.25) is 5.02 Å². The van der Waals surface area contributed by atoms with Crippen molar-refractivity contribution in [2.45, 2.75) is 64.1 Å². The Morgan fingerprint density at radius 1 is 1.18 bits per heavy atom. The minimum absolute atomic E-state index is 0.104. The Labute approximate surface area is 139 Å². The summed E-state index contributed by atoms with van der Waals surface area (Å²) in [6.45, 7) is 9.91. The fourth-order valence-corrected chi connectivity index (χ4v) is 3.74. The Morgan fingerprint density at radius 2 is 1.77 bits per heavy atom. The van der Waals surface area contributed by atoms with Gasteiger partial charge in [0.2, 0.25) is 0 Å². The van der Waals surface area contributed by atoms with E-state index in [2.05, 4.69) is 32.6 Å². The van der Waals surface area contributed by atoms with Gasteiger partial charge in [-0.15, -0.1) is 0 Å². The van der Waals surface area contributed by atoms with E-state index in [1.807, 2.05) is 18.2 Å². The van der Waals surface area contributed by atoms with E-state index < -0.39 is 6.10 Å². The second-order valence-corrected chi connectivity index (χ2v) is 7.89. The normalized spacial score (nSPS) is 22.3. The smallest absolute Gasteiger partial charge is 0.138 e. The van der Waals surface area contributed by atoms with Crippen LogP contribution in [0.25, 0.3) is 0 Å². The van der Waals surface area contributed by atoms with Crippen LogP contribution in [0.5, 0.6) is 5.75 Å². The molecule has 0 bridgehead atoms. The van der Waals surface area contributed by atoms with E-state index in [0.717, 1.165) is 12.8 Å². The molecule has 124 valence electrons. The van der Waals surface area contributed by atoms with E-state index >= 15 is 0 Å². The van der Waals surface area contributed by atoms with Crippen molar-refractivity contribution in [1.29, 1.82) is 0 Å². The second kappa shape index (κ2) is 6.77. The summed E-state index contributed by atoms with van der Waals surface area (Å²) in [5.41, 5.74) is 0.209. The maximum atomic E-state index is 10.4. The lowest BCUT2D eigenvalue weighted by Gasteiger charge is -2.53. The number of rotatable bonds is 5. The first-order chi connectivity index (χ1) is 10.2. The van der Waals surface area contributed by atoms with Gasteiger partial charge in [-0.2, -0.15) is 0 Å². The molecule has 0 amide bonds. The van der Waals surface area contributed by atoms with Gasteiger partial charge in [0.15, 0.2) is 0 Å². The Balaban J connectivity index is 1.95. The maximum Gasteiger partial charge on any atom is 0.138 e. The number of likely N-dealkylation sites (tertiary alicyclic amines) is 1. The predicted molar refractivity (Wildman–Crippen MR) is 91.7 cm³/mol. The molecule has 1 heterocycles. The van der Waals surface area contributed by atoms with Crippen LogP contribution in [0.15, 0.2) is 24.3 Å². The second-order valence-electron chi connectivity index (χ2n) is 7.48. The van der Waals surface area contributed by atoms with Gasteiger partial charge in [0.05, 0.1) is 5.02 Å². The maximum absolute atomic E-state index is 10.4. The third kappa shape index (κ3) is 4.15. The van der Waals surface area contributed by atoms with Crippen molar-refractivity contribution in [3.8, 4) is 5.75 Å². The summed E-state index contributed by atoms with van der Waals surface area (Å²) in [6, 6.07) is 7.36. The zero-order valence-corrected chi connectivity index (χ0v) is 14.9. The third-order valence-corrected chi connectivity index (χ3v) is 5.01. The molecular formula is C18H28ClNO2. The number of hydrogen-bond acceptors (Lipinski definition) is 3. The molecule has 1 aromatic rings. The number of aliphatic hydroxyl groups excluding tert-OH is 1. The molecule has 1 N–H and O–H groups in total. The molecule has 1 fully saturated rings. The zero-order valence-electron chi connectivity index (χ0n) is 14.1. The first-order valence-corrected chi connectivity index (χ1v) is 8.43. The van der Waals surface area contributed by atoms with Crippen molar-refractivity contribution in [3.05, 3.63) is 29.3 Å². The van der Waals surface area contributed by atoms with Gasteiger partial charge in [-0.05, 0) is 59.1 Å². The molecule has 3 nitrogen and oxygen atoms in total. The number of piperidine rings is 1. The summed E-state index contributed by atoms with van der Waals surface area (Å²) < 4.78 is 5.67. The Morgan fingerprint density at radius 3 is 2.36 bits per heavy atom. The largest absolute Gasteiger partial charge is 0.489 e. The van der Waals surface area contributed by atoms with Crippen LogP contribution in [0.4, 0.5) is 0 Å². The molecule has 1 aliphatic rings. The molecule has 4 heteroatoms. The van der Waals surface area contributed by atoms with E-state index in [1.165, 1.54) is 6.42 Å². The number of β-amino-alcohol motifs (C(OH)–C–C–N with tert-alkyl or cyclic N) is 1. The molecule has 22 heavy (non-hydrogen) atoms. The first kappa shape index (κ1) is 17.6. The molecule has 0 unspecified atom stereocenters. The van der Waals surface area contributed by atoms with E-state index in [4.69, 9.17) is 16.3 Å². The van der Waals surface area contributed by atoms with E-state index in [1.54, 1.807) is 6.07 Å². The molecule has 0 aliphatic carbocycles. The van der Waals surface area contributed by atoms with Gasteiger partial charge in [-0.1, -0.05) is 23.7 Å². The number of para-hydroxylation sites is 1. The standard InChI is InChI=1S/C18H28ClNO2/c1-17(2)10-7-11-18(3,4)20(17)12-14(21)13-22-16-9-6-5-8-15(16)19/h5-6,8-9,14,21H,7,10-13H2,1-4H3/t14-/m0/s1. The average molecular weight is 326 g/mol. The molecular weight excluding hydrogens is 298 g/mol. The highest BCUT2D eigenvalue weighted by Gasteiger charge is 2.41. The molecule has 2 rings (SSSR count). The summed E-state index contributed by atoms with van der Waals surface area (Å²) >= 11 is 6.07. The Hall–Kier alpha value is -0.770. The minimum atomic E-state index is -0.534.